The highest BCUT2D eigenvalue weighted by Gasteiger charge is 2.11. The summed E-state index contributed by atoms with van der Waals surface area (Å²) in [5.41, 5.74) is 6.47. The average Bonchev–Trinajstić information content (AvgIpc) is 2.38. The second kappa shape index (κ2) is 6.13. The third kappa shape index (κ3) is 3.64. The smallest absolute Gasteiger partial charge is 0.190 e. The minimum atomic E-state index is -0.776. The van der Waals surface area contributed by atoms with Gasteiger partial charge >= 0.3 is 0 Å². The van der Waals surface area contributed by atoms with Crippen molar-refractivity contribution in [2.24, 2.45) is 0 Å². The van der Waals surface area contributed by atoms with Crippen molar-refractivity contribution in [3.63, 3.8) is 0 Å². The molecule has 0 atom stereocenters. The highest BCUT2D eigenvalue weighted by Crippen LogP contribution is 2.24. The molecule has 0 radical (unpaired) electrons. The molecule has 1 aromatic carbocycles. The van der Waals surface area contributed by atoms with Crippen molar-refractivity contribution < 1.29 is 13.5 Å². The van der Waals surface area contributed by atoms with E-state index in [0.717, 1.165) is 24.1 Å². The second-order valence-corrected chi connectivity index (χ2v) is 4.12. The van der Waals surface area contributed by atoms with Crippen LogP contribution in [0.1, 0.15) is 12.0 Å². The van der Waals surface area contributed by atoms with Gasteiger partial charge in [-0.15, -0.1) is 0 Å². The molecule has 0 saturated carbocycles. The average molecular weight is 264 g/mol. The van der Waals surface area contributed by atoms with Crippen LogP contribution in [0.15, 0.2) is 36.7 Å². The summed E-state index contributed by atoms with van der Waals surface area (Å²) >= 11 is 0. The van der Waals surface area contributed by atoms with Crippen molar-refractivity contribution in [2.45, 2.75) is 12.8 Å². The maximum absolute atomic E-state index is 13.4. The molecule has 0 fully saturated rings. The molecule has 0 aliphatic carbocycles. The standard InChI is InChI=1S/C14H14F2N2O/c15-12-8-11(17)9-13(16)14(12)19-7-1-2-10-3-5-18-6-4-10/h3-6,8-9H,1-2,7,17H2. The van der Waals surface area contributed by atoms with E-state index < -0.39 is 11.6 Å². The quantitative estimate of drug-likeness (QED) is 0.667. The molecule has 0 bridgehead atoms. The Bertz CT molecular complexity index is 523. The van der Waals surface area contributed by atoms with Crippen LogP contribution in [0.25, 0.3) is 0 Å². The maximum Gasteiger partial charge on any atom is 0.190 e. The summed E-state index contributed by atoms with van der Waals surface area (Å²) in [6, 6.07) is 5.87. The third-order valence-corrected chi connectivity index (χ3v) is 2.63. The van der Waals surface area contributed by atoms with Gasteiger partial charge in [0.05, 0.1) is 6.61 Å². The molecule has 1 heterocycles. The lowest BCUT2D eigenvalue weighted by molar-refractivity contribution is 0.280. The largest absolute Gasteiger partial charge is 0.488 e. The van der Waals surface area contributed by atoms with Gasteiger partial charge in [0.1, 0.15) is 0 Å². The number of benzene rings is 1. The molecule has 3 nitrogen and oxygen atoms in total. The van der Waals surface area contributed by atoms with Gasteiger partial charge in [0.2, 0.25) is 0 Å². The zero-order valence-electron chi connectivity index (χ0n) is 10.3. The van der Waals surface area contributed by atoms with Crippen molar-refractivity contribution in [3.05, 3.63) is 53.9 Å². The Morgan fingerprint density at radius 1 is 1.11 bits per heavy atom. The molecule has 2 aromatic rings. The number of nitrogen functional groups attached to an aromatic ring is 1. The molecule has 5 heteroatoms. The zero-order valence-corrected chi connectivity index (χ0v) is 10.3. The van der Waals surface area contributed by atoms with Crippen molar-refractivity contribution >= 4 is 5.69 Å². The molecule has 100 valence electrons. The van der Waals surface area contributed by atoms with Gasteiger partial charge in [-0.05, 0) is 30.5 Å². The summed E-state index contributed by atoms with van der Waals surface area (Å²) in [6.45, 7) is 0.236. The van der Waals surface area contributed by atoms with Gasteiger partial charge in [0.25, 0.3) is 0 Å². The van der Waals surface area contributed by atoms with Crippen LogP contribution < -0.4 is 10.5 Å². The summed E-state index contributed by atoms with van der Waals surface area (Å²) in [5, 5.41) is 0. The predicted molar refractivity (Wildman–Crippen MR) is 68.8 cm³/mol. The van der Waals surface area contributed by atoms with Crippen molar-refractivity contribution in [1.29, 1.82) is 0 Å². The zero-order chi connectivity index (χ0) is 13.7. The Morgan fingerprint density at radius 3 is 2.37 bits per heavy atom. The number of pyridine rings is 1. The Morgan fingerprint density at radius 2 is 1.74 bits per heavy atom. The van der Waals surface area contributed by atoms with Gasteiger partial charge in [-0.3, -0.25) is 4.98 Å². The predicted octanol–water partition coefficient (Wildman–Crippen LogP) is 2.95. The highest BCUT2D eigenvalue weighted by molar-refractivity contribution is 5.44. The number of rotatable bonds is 5. The Labute approximate surface area is 110 Å². The molecular weight excluding hydrogens is 250 g/mol. The molecule has 0 saturated heterocycles. The topological polar surface area (TPSA) is 48.1 Å². The number of hydrogen-bond donors (Lipinski definition) is 1. The summed E-state index contributed by atoms with van der Waals surface area (Å²) in [4.78, 5) is 3.91. The Hall–Kier alpha value is -2.17. The number of ether oxygens (including phenoxy) is 1. The summed E-state index contributed by atoms with van der Waals surface area (Å²) < 4.78 is 31.9. The first-order valence-electron chi connectivity index (χ1n) is 5.93. The number of anilines is 1. The van der Waals surface area contributed by atoms with E-state index in [2.05, 4.69) is 4.98 Å². The van der Waals surface area contributed by atoms with Crippen LogP contribution >= 0.6 is 0 Å². The van der Waals surface area contributed by atoms with E-state index in [1.54, 1.807) is 12.4 Å². The fraction of sp³-hybridized carbons (Fsp3) is 0.214. The van der Waals surface area contributed by atoms with E-state index in [1.807, 2.05) is 12.1 Å². The van der Waals surface area contributed by atoms with Crippen LogP contribution in [0.2, 0.25) is 0 Å². The van der Waals surface area contributed by atoms with E-state index in [-0.39, 0.29) is 18.0 Å². The van der Waals surface area contributed by atoms with Crippen LogP contribution in [0, 0.1) is 11.6 Å². The Kier molecular flexibility index (Phi) is 4.28. The van der Waals surface area contributed by atoms with Crippen LogP contribution in [0.3, 0.4) is 0 Å². The lowest BCUT2D eigenvalue weighted by Gasteiger charge is -2.09. The number of aromatic nitrogens is 1. The first-order valence-corrected chi connectivity index (χ1v) is 5.93. The van der Waals surface area contributed by atoms with E-state index in [1.165, 1.54) is 0 Å². The minimum absolute atomic E-state index is 0.0409. The first kappa shape index (κ1) is 13.3. The van der Waals surface area contributed by atoms with Gasteiger partial charge in [-0.2, -0.15) is 0 Å². The van der Waals surface area contributed by atoms with Crippen LogP contribution in [-0.4, -0.2) is 11.6 Å². The van der Waals surface area contributed by atoms with E-state index in [9.17, 15) is 8.78 Å². The van der Waals surface area contributed by atoms with Crippen LogP contribution in [0.5, 0.6) is 5.75 Å². The number of nitrogens with two attached hydrogens (primary N) is 1. The minimum Gasteiger partial charge on any atom is -0.488 e. The molecule has 0 unspecified atom stereocenters. The Balaban J connectivity index is 1.86. The van der Waals surface area contributed by atoms with E-state index >= 15 is 0 Å². The van der Waals surface area contributed by atoms with Gasteiger partial charge < -0.3 is 10.5 Å². The number of hydrogen-bond acceptors (Lipinski definition) is 3. The number of nitrogens with zero attached hydrogens (tertiary/aromatic N) is 1. The molecule has 2 N–H and O–H groups in total. The monoisotopic (exact) mass is 264 g/mol. The summed E-state index contributed by atoms with van der Waals surface area (Å²) in [7, 11) is 0. The number of halogens is 2. The fourth-order valence-corrected chi connectivity index (χ4v) is 1.72. The van der Waals surface area contributed by atoms with E-state index in [0.29, 0.717) is 6.42 Å². The molecule has 0 aliphatic heterocycles. The fourth-order valence-electron chi connectivity index (χ4n) is 1.72. The third-order valence-electron chi connectivity index (χ3n) is 2.63. The second-order valence-electron chi connectivity index (χ2n) is 4.12. The maximum atomic E-state index is 13.4. The number of aryl methyl sites for hydroxylation is 1. The first-order chi connectivity index (χ1) is 9.16. The molecule has 0 amide bonds. The molecule has 19 heavy (non-hydrogen) atoms. The van der Waals surface area contributed by atoms with Crippen molar-refractivity contribution in [3.8, 4) is 5.75 Å². The lowest BCUT2D eigenvalue weighted by atomic mass is 10.1. The lowest BCUT2D eigenvalue weighted by Crippen LogP contribution is -2.04. The highest BCUT2D eigenvalue weighted by atomic mass is 19.1. The normalized spacial score (nSPS) is 10.4. The summed E-state index contributed by atoms with van der Waals surface area (Å²) in [6.07, 6.45) is 4.83. The van der Waals surface area contributed by atoms with Gasteiger partial charge in [-0.1, -0.05) is 0 Å². The van der Waals surface area contributed by atoms with Crippen molar-refractivity contribution in [2.75, 3.05) is 12.3 Å². The molecule has 2 rings (SSSR count). The molecule has 0 spiro atoms. The molecule has 0 aliphatic rings. The molecule has 1 aromatic heterocycles. The SMILES string of the molecule is Nc1cc(F)c(OCCCc2ccncc2)c(F)c1. The van der Waals surface area contributed by atoms with Gasteiger partial charge in [0, 0.05) is 30.2 Å². The molecular formula is C14H14F2N2O. The summed E-state index contributed by atoms with van der Waals surface area (Å²) in [5.74, 6) is -1.92. The van der Waals surface area contributed by atoms with Crippen molar-refractivity contribution in [1.82, 2.24) is 4.98 Å². The van der Waals surface area contributed by atoms with Gasteiger partial charge in [0.15, 0.2) is 17.4 Å². The van der Waals surface area contributed by atoms with Gasteiger partial charge in [-0.25, -0.2) is 8.78 Å². The van der Waals surface area contributed by atoms with Crippen LogP contribution in [-0.2, 0) is 6.42 Å². The van der Waals surface area contributed by atoms with E-state index in [4.69, 9.17) is 10.5 Å². The van der Waals surface area contributed by atoms with Crippen LogP contribution in [0.4, 0.5) is 14.5 Å².